The molecule has 0 unspecified atom stereocenters. The van der Waals surface area contributed by atoms with Crippen LogP contribution in [-0.2, 0) is 12.7 Å². The second-order valence-corrected chi connectivity index (χ2v) is 7.95. The number of nitrogens with one attached hydrogen (secondary N) is 2. The molecule has 0 radical (unpaired) electrons. The zero-order valence-corrected chi connectivity index (χ0v) is 17.5. The van der Waals surface area contributed by atoms with Crippen LogP contribution in [0.5, 0.6) is 0 Å². The molecule has 166 valence electrons. The van der Waals surface area contributed by atoms with Gasteiger partial charge in [-0.25, -0.2) is 4.98 Å². The molecule has 1 fully saturated rings. The van der Waals surface area contributed by atoms with Crippen molar-refractivity contribution in [1.29, 1.82) is 0 Å². The van der Waals surface area contributed by atoms with E-state index in [0.717, 1.165) is 31.9 Å². The standard InChI is InChI=1S/C20H22ClF3N6O/c1-2-30-18(21)14(10-25-30)19(31)27-13-8-6-12(7-9-13)26-16-4-3-5-17-28-15(11-29(16)17)20(22,23)24/h3-5,10-13,26H,2,6-9H2,1H3,(H,27,31). The molecule has 3 heterocycles. The molecular weight excluding hydrogens is 433 g/mol. The van der Waals surface area contributed by atoms with Crippen molar-refractivity contribution >= 4 is 29.0 Å². The molecule has 11 heteroatoms. The van der Waals surface area contributed by atoms with Crippen LogP contribution in [-0.4, -0.2) is 37.2 Å². The number of hydrogen-bond acceptors (Lipinski definition) is 4. The number of aromatic nitrogens is 4. The second-order valence-electron chi connectivity index (χ2n) is 7.59. The molecule has 1 amide bonds. The van der Waals surface area contributed by atoms with Gasteiger partial charge in [-0.3, -0.25) is 13.9 Å². The van der Waals surface area contributed by atoms with E-state index in [2.05, 4.69) is 20.7 Å². The average Bonchev–Trinajstić information content (AvgIpc) is 3.33. The third kappa shape index (κ3) is 4.48. The number of carbonyl (C=O) groups excluding carboxylic acids is 1. The molecule has 0 atom stereocenters. The highest BCUT2D eigenvalue weighted by Crippen LogP contribution is 2.30. The largest absolute Gasteiger partial charge is 0.434 e. The van der Waals surface area contributed by atoms with Crippen LogP contribution in [0, 0.1) is 0 Å². The van der Waals surface area contributed by atoms with Gasteiger partial charge >= 0.3 is 6.18 Å². The fourth-order valence-corrected chi connectivity index (χ4v) is 4.16. The third-order valence-corrected chi connectivity index (χ3v) is 5.91. The predicted octanol–water partition coefficient (Wildman–Crippen LogP) is 4.38. The smallest absolute Gasteiger partial charge is 0.368 e. The van der Waals surface area contributed by atoms with E-state index in [9.17, 15) is 18.0 Å². The Morgan fingerprint density at radius 3 is 2.58 bits per heavy atom. The van der Waals surface area contributed by atoms with Crippen LogP contribution in [0.1, 0.15) is 48.7 Å². The first kappa shape index (κ1) is 21.5. The highest BCUT2D eigenvalue weighted by molar-refractivity contribution is 6.32. The van der Waals surface area contributed by atoms with Crippen molar-refractivity contribution in [3.05, 3.63) is 47.0 Å². The molecular formula is C20H22ClF3N6O. The minimum Gasteiger partial charge on any atom is -0.368 e. The number of nitrogens with zero attached hydrogens (tertiary/aromatic N) is 4. The van der Waals surface area contributed by atoms with Crippen molar-refractivity contribution in [3.63, 3.8) is 0 Å². The number of pyridine rings is 1. The van der Waals surface area contributed by atoms with Gasteiger partial charge in [-0.05, 0) is 44.7 Å². The number of anilines is 1. The Morgan fingerprint density at radius 2 is 1.94 bits per heavy atom. The lowest BCUT2D eigenvalue weighted by atomic mass is 9.91. The first-order valence-corrected chi connectivity index (χ1v) is 10.5. The molecule has 7 nitrogen and oxygen atoms in total. The number of imidazole rings is 1. The monoisotopic (exact) mass is 454 g/mol. The van der Waals surface area contributed by atoms with E-state index in [0.29, 0.717) is 23.1 Å². The lowest BCUT2D eigenvalue weighted by Gasteiger charge is -2.30. The lowest BCUT2D eigenvalue weighted by molar-refractivity contribution is -0.140. The number of hydrogen-bond donors (Lipinski definition) is 2. The van der Waals surface area contributed by atoms with Gasteiger partial charge in [0.15, 0.2) is 5.69 Å². The zero-order chi connectivity index (χ0) is 22.2. The average molecular weight is 455 g/mol. The molecule has 0 bridgehead atoms. The van der Waals surface area contributed by atoms with Crippen molar-refractivity contribution < 1.29 is 18.0 Å². The second kappa shape index (κ2) is 8.41. The Bertz CT molecular complexity index is 1080. The summed E-state index contributed by atoms with van der Waals surface area (Å²) >= 11 is 6.18. The Labute approximate surface area is 181 Å². The van der Waals surface area contributed by atoms with Gasteiger partial charge < -0.3 is 10.6 Å². The Kier molecular flexibility index (Phi) is 5.83. The molecule has 2 N–H and O–H groups in total. The van der Waals surface area contributed by atoms with E-state index >= 15 is 0 Å². The Balaban J connectivity index is 1.37. The SMILES string of the molecule is CCn1ncc(C(=O)NC2CCC(Nc3cccc4nc(C(F)(F)F)cn34)CC2)c1Cl. The Hall–Kier alpha value is -2.75. The van der Waals surface area contributed by atoms with Gasteiger partial charge in [-0.15, -0.1) is 0 Å². The number of alkyl halides is 3. The maximum Gasteiger partial charge on any atom is 0.434 e. The summed E-state index contributed by atoms with van der Waals surface area (Å²) in [4.78, 5) is 16.2. The van der Waals surface area contributed by atoms with Crippen LogP contribution in [0.25, 0.3) is 5.65 Å². The molecule has 3 aromatic heterocycles. The van der Waals surface area contributed by atoms with E-state index in [1.54, 1.807) is 22.9 Å². The minimum atomic E-state index is -4.49. The number of carbonyl (C=O) groups is 1. The minimum absolute atomic E-state index is 0.00691. The van der Waals surface area contributed by atoms with Crippen LogP contribution in [0.4, 0.5) is 19.0 Å². The number of rotatable bonds is 5. The van der Waals surface area contributed by atoms with Gasteiger partial charge in [0.05, 0.1) is 11.8 Å². The summed E-state index contributed by atoms with van der Waals surface area (Å²) in [6.45, 7) is 2.47. The van der Waals surface area contributed by atoms with Crippen molar-refractivity contribution in [3.8, 4) is 0 Å². The normalized spacial score (nSPS) is 19.5. The fourth-order valence-electron chi connectivity index (χ4n) is 3.86. The van der Waals surface area contributed by atoms with Gasteiger partial charge in [-0.1, -0.05) is 17.7 Å². The highest BCUT2D eigenvalue weighted by atomic mass is 35.5. The molecule has 1 aliphatic rings. The lowest BCUT2D eigenvalue weighted by Crippen LogP contribution is -2.40. The topological polar surface area (TPSA) is 76.2 Å². The maximum atomic E-state index is 13.0. The quantitative estimate of drug-likeness (QED) is 0.600. The molecule has 3 aromatic rings. The molecule has 0 aromatic carbocycles. The summed E-state index contributed by atoms with van der Waals surface area (Å²) in [5, 5.41) is 10.7. The number of amides is 1. The predicted molar refractivity (Wildman–Crippen MR) is 110 cm³/mol. The number of fused-ring (bicyclic) bond motifs is 1. The fraction of sp³-hybridized carbons (Fsp3) is 0.450. The van der Waals surface area contributed by atoms with Crippen LogP contribution < -0.4 is 10.6 Å². The number of halogens is 4. The molecule has 0 spiro atoms. The van der Waals surface area contributed by atoms with Gasteiger partial charge in [0.1, 0.15) is 16.6 Å². The summed E-state index contributed by atoms with van der Waals surface area (Å²) in [5.74, 6) is 0.315. The van der Waals surface area contributed by atoms with E-state index in [1.807, 2.05) is 6.92 Å². The van der Waals surface area contributed by atoms with Gasteiger partial charge in [0, 0.05) is 24.8 Å². The van der Waals surface area contributed by atoms with Crippen molar-refractivity contribution in [1.82, 2.24) is 24.5 Å². The van der Waals surface area contributed by atoms with Crippen molar-refractivity contribution in [2.24, 2.45) is 0 Å². The van der Waals surface area contributed by atoms with Crippen molar-refractivity contribution in [2.45, 2.75) is 57.4 Å². The van der Waals surface area contributed by atoms with Gasteiger partial charge in [-0.2, -0.15) is 18.3 Å². The molecule has 1 saturated carbocycles. The molecule has 0 aliphatic heterocycles. The number of aryl methyl sites for hydroxylation is 1. The van der Waals surface area contributed by atoms with E-state index in [4.69, 9.17) is 11.6 Å². The van der Waals surface area contributed by atoms with Crippen LogP contribution in [0.15, 0.2) is 30.6 Å². The van der Waals surface area contributed by atoms with Gasteiger partial charge in [0.2, 0.25) is 0 Å². The summed E-state index contributed by atoms with van der Waals surface area (Å²) in [6.07, 6.45) is 1.01. The van der Waals surface area contributed by atoms with Gasteiger partial charge in [0.25, 0.3) is 5.91 Å². The first-order valence-electron chi connectivity index (χ1n) is 10.1. The molecule has 31 heavy (non-hydrogen) atoms. The Morgan fingerprint density at radius 1 is 1.23 bits per heavy atom. The summed E-state index contributed by atoms with van der Waals surface area (Å²) in [6, 6.07) is 5.04. The molecule has 1 aliphatic carbocycles. The van der Waals surface area contributed by atoms with Crippen LogP contribution in [0.3, 0.4) is 0 Å². The summed E-state index contributed by atoms with van der Waals surface area (Å²) in [7, 11) is 0. The summed E-state index contributed by atoms with van der Waals surface area (Å²) < 4.78 is 41.9. The van der Waals surface area contributed by atoms with Crippen molar-refractivity contribution in [2.75, 3.05) is 5.32 Å². The van der Waals surface area contributed by atoms with E-state index < -0.39 is 11.9 Å². The van der Waals surface area contributed by atoms with E-state index in [1.165, 1.54) is 10.6 Å². The summed E-state index contributed by atoms with van der Waals surface area (Å²) in [5.41, 5.74) is -0.322. The molecule has 4 rings (SSSR count). The van der Waals surface area contributed by atoms with E-state index in [-0.39, 0.29) is 23.6 Å². The highest BCUT2D eigenvalue weighted by Gasteiger charge is 2.34. The third-order valence-electron chi connectivity index (χ3n) is 5.52. The van der Waals surface area contributed by atoms with Crippen LogP contribution in [0.2, 0.25) is 5.15 Å². The first-order chi connectivity index (χ1) is 14.8. The maximum absolute atomic E-state index is 13.0. The zero-order valence-electron chi connectivity index (χ0n) is 16.8. The molecule has 0 saturated heterocycles. The van der Waals surface area contributed by atoms with Crippen LogP contribution >= 0.6 is 11.6 Å².